The summed E-state index contributed by atoms with van der Waals surface area (Å²) in [6.45, 7) is 0. The third-order valence-corrected chi connectivity index (χ3v) is 4.26. The number of carbonyl (C=O) groups is 1. The van der Waals surface area contributed by atoms with Crippen molar-refractivity contribution in [2.45, 2.75) is 18.8 Å². The van der Waals surface area contributed by atoms with Gasteiger partial charge in [0.1, 0.15) is 0 Å². The molecule has 0 fully saturated rings. The van der Waals surface area contributed by atoms with E-state index >= 15 is 0 Å². The van der Waals surface area contributed by atoms with Crippen molar-refractivity contribution >= 4 is 27.3 Å². The van der Waals surface area contributed by atoms with Crippen molar-refractivity contribution in [1.29, 1.82) is 0 Å². The molecular weight excluding hydrogens is 312 g/mol. The lowest BCUT2D eigenvalue weighted by atomic mass is 9.81. The minimum Gasteiger partial charge on any atom is -0.295 e. The highest BCUT2D eigenvalue weighted by atomic mass is 79.9. The first-order valence-electron chi connectivity index (χ1n) is 6.76. The molecule has 0 saturated heterocycles. The second-order valence-electron chi connectivity index (χ2n) is 5.16. The maximum Gasteiger partial charge on any atom is 0.156 e. The van der Waals surface area contributed by atoms with Crippen molar-refractivity contribution in [3.8, 4) is 0 Å². The van der Waals surface area contributed by atoms with Gasteiger partial charge in [0, 0.05) is 10.9 Å². The van der Waals surface area contributed by atoms with Gasteiger partial charge in [-0.2, -0.15) is 0 Å². The summed E-state index contributed by atoms with van der Waals surface area (Å²) in [7, 11) is 0. The van der Waals surface area contributed by atoms with Gasteiger partial charge in [-0.05, 0) is 47.2 Å². The molecule has 2 heteroatoms. The normalized spacial score (nSPS) is 18.8. The topological polar surface area (TPSA) is 17.1 Å². The summed E-state index contributed by atoms with van der Waals surface area (Å²) >= 11 is 3.45. The van der Waals surface area contributed by atoms with Gasteiger partial charge in [0.25, 0.3) is 0 Å². The van der Waals surface area contributed by atoms with Gasteiger partial charge < -0.3 is 0 Å². The van der Waals surface area contributed by atoms with Crippen molar-refractivity contribution in [3.63, 3.8) is 0 Å². The molecule has 3 rings (SSSR count). The van der Waals surface area contributed by atoms with Gasteiger partial charge in [0.05, 0.1) is 0 Å². The lowest BCUT2D eigenvalue weighted by molar-refractivity contribution is -0.115. The molecule has 0 radical (unpaired) electrons. The quantitative estimate of drug-likeness (QED) is 0.760. The van der Waals surface area contributed by atoms with E-state index in [0.29, 0.717) is 6.42 Å². The highest BCUT2D eigenvalue weighted by Crippen LogP contribution is 2.36. The first-order chi connectivity index (χ1) is 9.72. The van der Waals surface area contributed by atoms with Crippen molar-refractivity contribution < 1.29 is 4.79 Å². The molecule has 1 atom stereocenters. The van der Waals surface area contributed by atoms with Crippen LogP contribution in [0.25, 0.3) is 5.57 Å². The summed E-state index contributed by atoms with van der Waals surface area (Å²) in [6.07, 6.45) is 3.35. The van der Waals surface area contributed by atoms with Gasteiger partial charge in [0.15, 0.2) is 5.78 Å². The van der Waals surface area contributed by atoms with Crippen molar-refractivity contribution in [2.75, 3.05) is 0 Å². The van der Waals surface area contributed by atoms with Crippen molar-refractivity contribution in [1.82, 2.24) is 0 Å². The van der Waals surface area contributed by atoms with E-state index in [1.807, 2.05) is 36.4 Å². The molecule has 100 valence electrons. The summed E-state index contributed by atoms with van der Waals surface area (Å²) in [5.41, 5.74) is 3.54. The first kappa shape index (κ1) is 13.3. The molecule has 0 aromatic heterocycles. The lowest BCUT2D eigenvalue weighted by Crippen LogP contribution is -2.12. The Bertz CT molecular complexity index is 641. The second kappa shape index (κ2) is 5.76. The lowest BCUT2D eigenvalue weighted by Gasteiger charge is -2.22. The van der Waals surface area contributed by atoms with E-state index in [1.165, 1.54) is 5.56 Å². The van der Waals surface area contributed by atoms with Crippen LogP contribution < -0.4 is 0 Å². The Kier molecular flexibility index (Phi) is 3.83. The average Bonchev–Trinajstić information content (AvgIpc) is 2.48. The first-order valence-corrected chi connectivity index (χ1v) is 7.56. The van der Waals surface area contributed by atoms with Crippen LogP contribution in [0.5, 0.6) is 0 Å². The minimum absolute atomic E-state index is 0.225. The van der Waals surface area contributed by atoms with Crippen LogP contribution in [-0.2, 0) is 4.79 Å². The second-order valence-corrected chi connectivity index (χ2v) is 6.07. The molecule has 0 spiro atoms. The Morgan fingerprint density at radius 1 is 0.900 bits per heavy atom. The zero-order valence-electron chi connectivity index (χ0n) is 11.1. The standard InChI is InChI=1S/C18H15BrO/c19-17-8-6-14(7-9-17)16-10-15(11-18(20)12-16)13-4-2-1-3-5-13/h1-9,11,16H,10,12H2/t16-/m0/s1. The van der Waals surface area contributed by atoms with E-state index in [-0.39, 0.29) is 11.7 Å². The Morgan fingerprint density at radius 2 is 1.60 bits per heavy atom. The molecule has 0 amide bonds. The number of benzene rings is 2. The van der Waals surface area contributed by atoms with Crippen molar-refractivity contribution in [3.05, 3.63) is 76.3 Å². The molecule has 0 bridgehead atoms. The maximum absolute atomic E-state index is 12.0. The zero-order valence-corrected chi connectivity index (χ0v) is 12.6. The number of rotatable bonds is 2. The third-order valence-electron chi connectivity index (χ3n) is 3.74. The number of allylic oxidation sites excluding steroid dienone is 2. The number of hydrogen-bond donors (Lipinski definition) is 0. The zero-order chi connectivity index (χ0) is 13.9. The maximum atomic E-state index is 12.0. The smallest absolute Gasteiger partial charge is 0.156 e. The Balaban J connectivity index is 1.89. The molecular formula is C18H15BrO. The Labute approximate surface area is 127 Å². The van der Waals surface area contributed by atoms with E-state index in [1.54, 1.807) is 0 Å². The van der Waals surface area contributed by atoms with E-state index in [4.69, 9.17) is 0 Å². The van der Waals surface area contributed by atoms with E-state index in [0.717, 1.165) is 22.0 Å². The van der Waals surface area contributed by atoms with Gasteiger partial charge >= 0.3 is 0 Å². The van der Waals surface area contributed by atoms with Crippen LogP contribution >= 0.6 is 15.9 Å². The molecule has 1 nitrogen and oxygen atoms in total. The fourth-order valence-corrected chi connectivity index (χ4v) is 2.98. The molecule has 20 heavy (non-hydrogen) atoms. The Morgan fingerprint density at radius 3 is 2.30 bits per heavy atom. The summed E-state index contributed by atoms with van der Waals surface area (Å²) < 4.78 is 1.07. The molecule has 0 N–H and O–H groups in total. The van der Waals surface area contributed by atoms with Gasteiger partial charge in [0.2, 0.25) is 0 Å². The monoisotopic (exact) mass is 326 g/mol. The van der Waals surface area contributed by atoms with Gasteiger partial charge in [-0.1, -0.05) is 58.4 Å². The molecule has 0 aliphatic heterocycles. The van der Waals surface area contributed by atoms with Gasteiger partial charge in [-0.25, -0.2) is 0 Å². The van der Waals surface area contributed by atoms with Crippen LogP contribution in [0.1, 0.15) is 29.9 Å². The van der Waals surface area contributed by atoms with E-state index in [2.05, 4.69) is 40.2 Å². The predicted molar refractivity (Wildman–Crippen MR) is 85.5 cm³/mol. The van der Waals surface area contributed by atoms with Gasteiger partial charge in [-0.3, -0.25) is 4.79 Å². The van der Waals surface area contributed by atoms with Crippen LogP contribution in [0.3, 0.4) is 0 Å². The summed E-state index contributed by atoms with van der Waals surface area (Å²) in [5.74, 6) is 0.513. The molecule has 0 unspecified atom stereocenters. The van der Waals surface area contributed by atoms with Crippen LogP contribution in [0, 0.1) is 0 Å². The molecule has 1 aliphatic carbocycles. The van der Waals surface area contributed by atoms with E-state index < -0.39 is 0 Å². The number of hydrogen-bond acceptors (Lipinski definition) is 1. The number of carbonyl (C=O) groups excluding carboxylic acids is 1. The number of halogens is 1. The highest BCUT2D eigenvalue weighted by molar-refractivity contribution is 9.10. The van der Waals surface area contributed by atoms with E-state index in [9.17, 15) is 4.79 Å². The molecule has 2 aromatic carbocycles. The third kappa shape index (κ3) is 2.91. The van der Waals surface area contributed by atoms with Crippen molar-refractivity contribution in [2.24, 2.45) is 0 Å². The molecule has 1 aliphatic rings. The fourth-order valence-electron chi connectivity index (χ4n) is 2.72. The van der Waals surface area contributed by atoms with Crippen LogP contribution in [0.2, 0.25) is 0 Å². The summed E-state index contributed by atoms with van der Waals surface area (Å²) in [4.78, 5) is 12.0. The highest BCUT2D eigenvalue weighted by Gasteiger charge is 2.22. The van der Waals surface area contributed by atoms with Crippen LogP contribution in [0.15, 0.2) is 65.1 Å². The average molecular weight is 327 g/mol. The molecule has 0 saturated carbocycles. The van der Waals surface area contributed by atoms with Crippen LogP contribution in [-0.4, -0.2) is 5.78 Å². The molecule has 0 heterocycles. The largest absolute Gasteiger partial charge is 0.295 e. The summed E-state index contributed by atoms with van der Waals surface area (Å²) in [5, 5.41) is 0. The van der Waals surface area contributed by atoms with Gasteiger partial charge in [-0.15, -0.1) is 0 Å². The fraction of sp³-hybridized carbons (Fsp3) is 0.167. The SMILES string of the molecule is O=C1C=C(c2ccccc2)C[C@H](c2ccc(Br)cc2)C1. The predicted octanol–water partition coefficient (Wildman–Crippen LogP) is 4.98. The Hall–Kier alpha value is -1.67. The number of ketones is 1. The molecule has 2 aromatic rings. The summed E-state index contributed by atoms with van der Waals surface area (Å²) in [6, 6.07) is 18.5. The van der Waals surface area contributed by atoms with Crippen LogP contribution in [0.4, 0.5) is 0 Å². The minimum atomic E-state index is 0.225.